The topological polar surface area (TPSA) is 126 Å². The molecule has 14 heteroatoms. The predicted octanol–water partition coefficient (Wildman–Crippen LogP) is 4.11. The van der Waals surface area contributed by atoms with Gasteiger partial charge in [-0.15, -0.1) is 0 Å². The fourth-order valence-electron chi connectivity index (χ4n) is 3.86. The van der Waals surface area contributed by atoms with Crippen LogP contribution in [0.5, 0.6) is 0 Å². The standard InChI is InChI=1S/C24H29F3N6O4S/c1-13-17(20(35)32-31-19(34)15-7-6-8-16(29-15)24(25,26)27)18(30-21(28-13)38-5)14-9-11-33(12-10-14)22(36)37-23(2,3)4/h6-8,14H,9-12H2,1-5H3,(H,31,34)(H,32,35). The Labute approximate surface area is 222 Å². The quantitative estimate of drug-likeness (QED) is 0.329. The van der Waals surface area contributed by atoms with Crippen molar-refractivity contribution >= 4 is 29.7 Å². The van der Waals surface area contributed by atoms with E-state index >= 15 is 0 Å². The van der Waals surface area contributed by atoms with Crippen LogP contribution < -0.4 is 10.9 Å². The minimum absolute atomic E-state index is 0.149. The van der Waals surface area contributed by atoms with Gasteiger partial charge in [-0.2, -0.15) is 13.2 Å². The number of hydrazine groups is 1. The number of ether oxygens (including phenoxy) is 1. The summed E-state index contributed by atoms with van der Waals surface area (Å²) in [5, 5.41) is 0.459. The number of piperidine rings is 1. The zero-order chi connectivity index (χ0) is 28.3. The lowest BCUT2D eigenvalue weighted by molar-refractivity contribution is -0.141. The summed E-state index contributed by atoms with van der Waals surface area (Å²) in [4.78, 5) is 51.7. The van der Waals surface area contributed by atoms with Crippen LogP contribution in [0.1, 0.15) is 77.5 Å². The fraction of sp³-hybridized carbons (Fsp3) is 0.500. The molecular weight excluding hydrogens is 525 g/mol. The van der Waals surface area contributed by atoms with Crippen molar-refractivity contribution in [1.82, 2.24) is 30.7 Å². The van der Waals surface area contributed by atoms with Crippen molar-refractivity contribution in [2.24, 2.45) is 0 Å². The van der Waals surface area contributed by atoms with E-state index in [-0.39, 0.29) is 11.5 Å². The number of aryl methyl sites for hydroxylation is 1. The lowest BCUT2D eigenvalue weighted by Gasteiger charge is -2.33. The Kier molecular flexibility index (Phi) is 8.85. The van der Waals surface area contributed by atoms with Gasteiger partial charge < -0.3 is 9.64 Å². The molecule has 3 heterocycles. The van der Waals surface area contributed by atoms with Crippen LogP contribution in [0.3, 0.4) is 0 Å². The Morgan fingerprint density at radius 1 is 1.03 bits per heavy atom. The number of aromatic nitrogens is 3. The van der Waals surface area contributed by atoms with Crippen LogP contribution in [0.25, 0.3) is 0 Å². The number of likely N-dealkylation sites (tertiary alicyclic amines) is 1. The van der Waals surface area contributed by atoms with Crippen molar-refractivity contribution in [3.05, 3.63) is 46.5 Å². The number of rotatable bonds is 4. The number of nitrogens with zero attached hydrogens (tertiary/aromatic N) is 4. The maximum absolute atomic E-state index is 13.1. The molecule has 0 saturated carbocycles. The molecule has 3 amide bonds. The van der Waals surface area contributed by atoms with E-state index in [9.17, 15) is 27.6 Å². The van der Waals surface area contributed by atoms with Crippen LogP contribution in [0, 0.1) is 6.92 Å². The van der Waals surface area contributed by atoms with Crippen LogP contribution in [0.15, 0.2) is 23.4 Å². The Bertz CT molecular complexity index is 1210. The monoisotopic (exact) mass is 554 g/mol. The molecule has 0 bridgehead atoms. The summed E-state index contributed by atoms with van der Waals surface area (Å²) in [5.41, 5.74) is 2.97. The van der Waals surface area contributed by atoms with Gasteiger partial charge in [0.25, 0.3) is 11.8 Å². The van der Waals surface area contributed by atoms with Crippen molar-refractivity contribution in [2.75, 3.05) is 19.3 Å². The second-order valence-electron chi connectivity index (χ2n) is 9.61. The van der Waals surface area contributed by atoms with E-state index in [0.29, 0.717) is 42.5 Å². The van der Waals surface area contributed by atoms with Crippen molar-refractivity contribution in [3.8, 4) is 0 Å². The largest absolute Gasteiger partial charge is 0.444 e. The second kappa shape index (κ2) is 11.5. The summed E-state index contributed by atoms with van der Waals surface area (Å²) in [5.74, 6) is -1.92. The number of carbonyl (C=O) groups excluding carboxylic acids is 3. The Hall–Kier alpha value is -3.42. The second-order valence-corrected chi connectivity index (χ2v) is 10.4. The van der Waals surface area contributed by atoms with E-state index in [4.69, 9.17) is 4.74 Å². The van der Waals surface area contributed by atoms with Crippen molar-refractivity contribution in [2.45, 2.75) is 63.4 Å². The third kappa shape index (κ3) is 7.33. The average molecular weight is 555 g/mol. The van der Waals surface area contributed by atoms with Gasteiger partial charge in [0.1, 0.15) is 17.0 Å². The minimum Gasteiger partial charge on any atom is -0.444 e. The molecular formula is C24H29F3N6O4S. The summed E-state index contributed by atoms with van der Waals surface area (Å²) in [6, 6.07) is 2.89. The molecule has 0 radical (unpaired) electrons. The summed E-state index contributed by atoms with van der Waals surface area (Å²) in [6.45, 7) is 7.80. The van der Waals surface area contributed by atoms with Gasteiger partial charge in [-0.3, -0.25) is 20.4 Å². The SMILES string of the molecule is CSc1nc(C)c(C(=O)NNC(=O)c2cccc(C(F)(F)F)n2)c(C2CCN(C(=O)OC(C)(C)C)CC2)n1. The summed E-state index contributed by atoms with van der Waals surface area (Å²) < 4.78 is 44.2. The number of amides is 3. The van der Waals surface area contributed by atoms with Gasteiger partial charge in [0, 0.05) is 19.0 Å². The molecule has 0 unspecified atom stereocenters. The maximum Gasteiger partial charge on any atom is 0.433 e. The number of hydrogen-bond donors (Lipinski definition) is 2. The lowest BCUT2D eigenvalue weighted by atomic mass is 9.90. The van der Waals surface area contributed by atoms with Gasteiger partial charge in [0.15, 0.2) is 5.16 Å². The summed E-state index contributed by atoms with van der Waals surface area (Å²) >= 11 is 1.30. The van der Waals surface area contributed by atoms with E-state index in [1.807, 2.05) is 0 Å². The van der Waals surface area contributed by atoms with Crippen LogP contribution in [0.4, 0.5) is 18.0 Å². The van der Waals surface area contributed by atoms with E-state index in [1.165, 1.54) is 11.8 Å². The van der Waals surface area contributed by atoms with Crippen LogP contribution >= 0.6 is 11.8 Å². The number of nitrogens with one attached hydrogen (secondary N) is 2. The maximum atomic E-state index is 13.1. The molecule has 1 aliphatic rings. The molecule has 1 fully saturated rings. The van der Waals surface area contributed by atoms with E-state index in [2.05, 4.69) is 25.8 Å². The Balaban J connectivity index is 1.76. The number of alkyl halides is 3. The number of hydrogen-bond acceptors (Lipinski definition) is 8. The highest BCUT2D eigenvalue weighted by atomic mass is 32.2. The summed E-state index contributed by atoms with van der Waals surface area (Å²) in [7, 11) is 0. The fourth-order valence-corrected chi connectivity index (χ4v) is 4.27. The molecule has 1 aliphatic heterocycles. The molecule has 206 valence electrons. The van der Waals surface area contributed by atoms with E-state index in [1.54, 1.807) is 38.9 Å². The zero-order valence-electron chi connectivity index (χ0n) is 21.6. The van der Waals surface area contributed by atoms with Gasteiger partial charge in [-0.05, 0) is 58.9 Å². The number of carbonyl (C=O) groups is 3. The van der Waals surface area contributed by atoms with E-state index < -0.39 is 41.1 Å². The van der Waals surface area contributed by atoms with Crippen molar-refractivity contribution in [1.29, 1.82) is 0 Å². The first-order valence-electron chi connectivity index (χ1n) is 11.7. The van der Waals surface area contributed by atoms with Crippen molar-refractivity contribution in [3.63, 3.8) is 0 Å². The Morgan fingerprint density at radius 3 is 2.24 bits per heavy atom. The smallest absolute Gasteiger partial charge is 0.433 e. The number of thioether (sulfide) groups is 1. The van der Waals surface area contributed by atoms with Gasteiger partial charge in [-0.25, -0.2) is 19.7 Å². The van der Waals surface area contributed by atoms with E-state index in [0.717, 1.165) is 18.2 Å². The van der Waals surface area contributed by atoms with Gasteiger partial charge in [-0.1, -0.05) is 17.8 Å². The molecule has 1 saturated heterocycles. The van der Waals surface area contributed by atoms with Gasteiger partial charge in [0.05, 0.1) is 17.0 Å². The lowest BCUT2D eigenvalue weighted by Crippen LogP contribution is -2.44. The molecule has 10 nitrogen and oxygen atoms in total. The third-order valence-electron chi connectivity index (χ3n) is 5.60. The molecule has 2 aromatic heterocycles. The minimum atomic E-state index is -4.72. The average Bonchev–Trinajstić information content (AvgIpc) is 2.85. The highest BCUT2D eigenvalue weighted by Gasteiger charge is 2.34. The van der Waals surface area contributed by atoms with Gasteiger partial charge >= 0.3 is 12.3 Å². The normalized spacial score (nSPS) is 14.7. The van der Waals surface area contributed by atoms with Crippen LogP contribution in [0.2, 0.25) is 0 Å². The highest BCUT2D eigenvalue weighted by Crippen LogP contribution is 2.32. The summed E-state index contributed by atoms with van der Waals surface area (Å²) in [6.07, 6.45) is -2.30. The zero-order valence-corrected chi connectivity index (χ0v) is 22.4. The molecule has 3 rings (SSSR count). The molecule has 0 aromatic carbocycles. The van der Waals surface area contributed by atoms with Gasteiger partial charge in [0.2, 0.25) is 0 Å². The Morgan fingerprint density at radius 2 is 1.66 bits per heavy atom. The van der Waals surface area contributed by atoms with Crippen LogP contribution in [-0.2, 0) is 10.9 Å². The first kappa shape index (κ1) is 29.1. The first-order valence-corrected chi connectivity index (χ1v) is 13.0. The molecule has 0 atom stereocenters. The van der Waals surface area contributed by atoms with Crippen LogP contribution in [-0.4, -0.2) is 62.7 Å². The molecule has 0 spiro atoms. The molecule has 38 heavy (non-hydrogen) atoms. The highest BCUT2D eigenvalue weighted by molar-refractivity contribution is 7.98. The first-order chi connectivity index (χ1) is 17.7. The molecule has 2 N–H and O–H groups in total. The number of halogens is 3. The molecule has 0 aliphatic carbocycles. The van der Waals surface area contributed by atoms with Crippen molar-refractivity contribution < 1.29 is 32.3 Å². The molecule has 2 aromatic rings. The predicted molar refractivity (Wildman–Crippen MR) is 133 cm³/mol. The third-order valence-corrected chi connectivity index (χ3v) is 6.15. The number of pyridine rings is 1.